The quantitative estimate of drug-likeness (QED) is 0.749. The van der Waals surface area contributed by atoms with Crippen LogP contribution in [-0.2, 0) is 0 Å². The minimum Gasteiger partial charge on any atom is -0.380 e. The summed E-state index contributed by atoms with van der Waals surface area (Å²) in [7, 11) is 0. The number of anilines is 1. The van der Waals surface area contributed by atoms with Gasteiger partial charge in [0, 0.05) is 11.1 Å². The first-order valence-corrected chi connectivity index (χ1v) is 4.19. The first kappa shape index (κ1) is 9.33. The van der Waals surface area contributed by atoms with Crippen molar-refractivity contribution >= 4 is 17.3 Å². The van der Waals surface area contributed by atoms with Gasteiger partial charge in [-0.2, -0.15) is 0 Å². The van der Waals surface area contributed by atoms with Crippen molar-refractivity contribution < 1.29 is 4.39 Å². The summed E-state index contributed by atoms with van der Waals surface area (Å²) in [4.78, 5) is 0. The Balaban J connectivity index is 2.90. The van der Waals surface area contributed by atoms with Gasteiger partial charge in [0.15, 0.2) is 0 Å². The van der Waals surface area contributed by atoms with E-state index in [2.05, 4.69) is 5.32 Å². The van der Waals surface area contributed by atoms with Crippen molar-refractivity contribution in [3.63, 3.8) is 0 Å². The first-order chi connectivity index (χ1) is 5.59. The van der Waals surface area contributed by atoms with Gasteiger partial charge >= 0.3 is 0 Å². The zero-order chi connectivity index (χ0) is 9.14. The van der Waals surface area contributed by atoms with Crippen LogP contribution in [0.4, 0.5) is 10.1 Å². The Kier molecular flexibility index (Phi) is 2.93. The van der Waals surface area contributed by atoms with Crippen molar-refractivity contribution in [2.24, 2.45) is 0 Å². The molecule has 0 saturated heterocycles. The lowest BCUT2D eigenvalue weighted by Crippen LogP contribution is -2.10. The zero-order valence-corrected chi connectivity index (χ0v) is 7.82. The molecule has 0 aliphatic carbocycles. The van der Waals surface area contributed by atoms with E-state index in [1.807, 2.05) is 13.8 Å². The van der Waals surface area contributed by atoms with E-state index in [0.29, 0.717) is 10.7 Å². The molecule has 0 aromatic heterocycles. The van der Waals surface area contributed by atoms with E-state index in [1.54, 1.807) is 6.07 Å². The summed E-state index contributed by atoms with van der Waals surface area (Å²) in [5, 5.41) is 3.50. The van der Waals surface area contributed by atoms with E-state index < -0.39 is 0 Å². The second kappa shape index (κ2) is 3.76. The molecule has 0 bridgehead atoms. The molecule has 0 radical (unpaired) electrons. The fourth-order valence-corrected chi connectivity index (χ4v) is 1.09. The van der Waals surface area contributed by atoms with Crippen LogP contribution in [0, 0.1) is 5.82 Å². The Hall–Kier alpha value is -0.760. The molecule has 0 unspecified atom stereocenters. The van der Waals surface area contributed by atoms with Crippen LogP contribution in [-0.4, -0.2) is 6.04 Å². The average Bonchev–Trinajstić information content (AvgIpc) is 1.96. The summed E-state index contributed by atoms with van der Waals surface area (Å²) >= 11 is 5.69. The Morgan fingerprint density at radius 3 is 2.67 bits per heavy atom. The van der Waals surface area contributed by atoms with Gasteiger partial charge in [0.25, 0.3) is 0 Å². The van der Waals surface area contributed by atoms with Gasteiger partial charge < -0.3 is 5.32 Å². The van der Waals surface area contributed by atoms with Gasteiger partial charge in [-0.1, -0.05) is 11.6 Å². The van der Waals surface area contributed by atoms with Gasteiger partial charge in [0.05, 0.1) is 5.69 Å². The molecule has 0 aliphatic rings. The molecule has 66 valence electrons. The Morgan fingerprint density at radius 1 is 1.42 bits per heavy atom. The molecule has 1 rings (SSSR count). The van der Waals surface area contributed by atoms with E-state index in [1.165, 1.54) is 12.1 Å². The van der Waals surface area contributed by atoms with Crippen LogP contribution in [0.25, 0.3) is 0 Å². The van der Waals surface area contributed by atoms with Crippen LogP contribution >= 0.6 is 11.6 Å². The van der Waals surface area contributed by atoms with Crippen LogP contribution < -0.4 is 5.32 Å². The highest BCUT2D eigenvalue weighted by Gasteiger charge is 2.02. The lowest BCUT2D eigenvalue weighted by molar-refractivity contribution is 0.628. The minimum atomic E-state index is -0.270. The molecule has 1 aromatic rings. The van der Waals surface area contributed by atoms with Crippen molar-refractivity contribution in [1.82, 2.24) is 0 Å². The van der Waals surface area contributed by atoms with E-state index in [4.69, 9.17) is 11.6 Å². The number of hydrogen-bond donors (Lipinski definition) is 1. The Bertz CT molecular complexity index is 273. The van der Waals surface area contributed by atoms with Crippen molar-refractivity contribution in [2.45, 2.75) is 19.9 Å². The molecule has 0 saturated carbocycles. The summed E-state index contributed by atoms with van der Waals surface area (Å²) in [5.41, 5.74) is 0.456. The van der Waals surface area contributed by atoms with E-state index in [-0.39, 0.29) is 11.9 Å². The molecule has 0 amide bonds. The predicted octanol–water partition coefficient (Wildman–Crippen LogP) is 3.30. The zero-order valence-electron chi connectivity index (χ0n) is 7.07. The fraction of sp³-hybridized carbons (Fsp3) is 0.333. The van der Waals surface area contributed by atoms with E-state index in [9.17, 15) is 4.39 Å². The summed E-state index contributed by atoms with van der Waals surface area (Å²) in [5.74, 6) is -0.270. The van der Waals surface area contributed by atoms with Crippen molar-refractivity contribution in [3.05, 3.63) is 29.0 Å². The number of halogens is 2. The standard InChI is InChI=1S/C9H11ClFN/c1-6(2)12-9-5-7(10)3-4-8(9)11/h3-6,12H,1-2H3. The predicted molar refractivity (Wildman–Crippen MR) is 50.2 cm³/mol. The number of benzene rings is 1. The normalized spacial score (nSPS) is 10.4. The maximum Gasteiger partial charge on any atom is 0.146 e. The van der Waals surface area contributed by atoms with Crippen molar-refractivity contribution in [2.75, 3.05) is 5.32 Å². The number of rotatable bonds is 2. The third kappa shape index (κ3) is 2.38. The molecule has 0 fully saturated rings. The molecule has 1 aromatic carbocycles. The molecule has 12 heavy (non-hydrogen) atoms. The first-order valence-electron chi connectivity index (χ1n) is 3.81. The van der Waals surface area contributed by atoms with Crippen molar-refractivity contribution in [3.8, 4) is 0 Å². The number of nitrogens with one attached hydrogen (secondary N) is 1. The van der Waals surface area contributed by atoms with Gasteiger partial charge in [0.2, 0.25) is 0 Å². The molecule has 0 atom stereocenters. The van der Waals surface area contributed by atoms with Crippen LogP contribution in [0.3, 0.4) is 0 Å². The maximum atomic E-state index is 13.0. The third-order valence-electron chi connectivity index (χ3n) is 1.37. The van der Waals surface area contributed by atoms with Crippen LogP contribution in [0.1, 0.15) is 13.8 Å². The Labute approximate surface area is 76.5 Å². The van der Waals surface area contributed by atoms with Gasteiger partial charge in [0.1, 0.15) is 5.82 Å². The molecule has 0 heterocycles. The lowest BCUT2D eigenvalue weighted by atomic mass is 10.3. The molecule has 0 spiro atoms. The smallest absolute Gasteiger partial charge is 0.146 e. The average molecular weight is 188 g/mol. The van der Waals surface area contributed by atoms with Gasteiger partial charge in [-0.3, -0.25) is 0 Å². The molecule has 1 nitrogen and oxygen atoms in total. The van der Waals surface area contributed by atoms with Crippen LogP contribution in [0.5, 0.6) is 0 Å². The summed E-state index contributed by atoms with van der Waals surface area (Å²) in [6.45, 7) is 3.89. The largest absolute Gasteiger partial charge is 0.380 e. The fourth-order valence-electron chi connectivity index (χ4n) is 0.919. The highest BCUT2D eigenvalue weighted by atomic mass is 35.5. The van der Waals surface area contributed by atoms with Crippen molar-refractivity contribution in [1.29, 1.82) is 0 Å². The molecule has 3 heteroatoms. The topological polar surface area (TPSA) is 12.0 Å². The second-order valence-corrected chi connectivity index (χ2v) is 3.36. The molecule has 1 N–H and O–H groups in total. The number of hydrogen-bond acceptors (Lipinski definition) is 1. The van der Waals surface area contributed by atoms with Crippen LogP contribution in [0.15, 0.2) is 18.2 Å². The summed E-state index contributed by atoms with van der Waals surface area (Å²) in [6.07, 6.45) is 0. The highest BCUT2D eigenvalue weighted by molar-refractivity contribution is 6.30. The second-order valence-electron chi connectivity index (χ2n) is 2.92. The highest BCUT2D eigenvalue weighted by Crippen LogP contribution is 2.19. The minimum absolute atomic E-state index is 0.206. The van der Waals surface area contributed by atoms with Gasteiger partial charge in [-0.15, -0.1) is 0 Å². The summed E-state index contributed by atoms with van der Waals surface area (Å²) < 4.78 is 13.0. The van der Waals surface area contributed by atoms with Gasteiger partial charge in [-0.05, 0) is 32.0 Å². The molecule has 0 aliphatic heterocycles. The van der Waals surface area contributed by atoms with E-state index in [0.717, 1.165) is 0 Å². The lowest BCUT2D eigenvalue weighted by Gasteiger charge is -2.10. The van der Waals surface area contributed by atoms with E-state index >= 15 is 0 Å². The van der Waals surface area contributed by atoms with Crippen LogP contribution in [0.2, 0.25) is 5.02 Å². The van der Waals surface area contributed by atoms with Gasteiger partial charge in [-0.25, -0.2) is 4.39 Å². The molecular weight excluding hydrogens is 177 g/mol. The Morgan fingerprint density at radius 2 is 2.08 bits per heavy atom. The third-order valence-corrected chi connectivity index (χ3v) is 1.61. The summed E-state index contributed by atoms with van der Waals surface area (Å²) in [6, 6.07) is 4.67. The maximum absolute atomic E-state index is 13.0. The monoisotopic (exact) mass is 187 g/mol. The molecular formula is C9H11ClFN. The SMILES string of the molecule is CC(C)Nc1cc(Cl)ccc1F.